The first-order chi connectivity index (χ1) is 10.6. The largest absolute Gasteiger partial charge is 0.495 e. The van der Waals surface area contributed by atoms with Crippen LogP contribution in [0.5, 0.6) is 5.75 Å². The number of amides is 2. The lowest BCUT2D eigenvalue weighted by Crippen LogP contribution is -2.30. The molecule has 0 saturated carbocycles. The monoisotopic (exact) mass is 338 g/mol. The molecule has 0 aromatic heterocycles. The number of urea groups is 1. The predicted molar refractivity (Wildman–Crippen MR) is 90.2 cm³/mol. The molecular weight excluding hydrogens is 323 g/mol. The van der Waals surface area contributed by atoms with Gasteiger partial charge >= 0.3 is 6.03 Å². The van der Waals surface area contributed by atoms with Crippen molar-refractivity contribution in [1.82, 2.24) is 5.32 Å². The van der Waals surface area contributed by atoms with Gasteiger partial charge in [-0.3, -0.25) is 0 Å². The van der Waals surface area contributed by atoms with Gasteiger partial charge in [0.25, 0.3) is 0 Å². The third-order valence-corrected chi connectivity index (χ3v) is 3.57. The molecule has 0 bridgehead atoms. The molecule has 0 saturated heterocycles. The van der Waals surface area contributed by atoms with Crippen LogP contribution in [0.4, 0.5) is 10.5 Å². The number of halogens is 2. The Balaban J connectivity index is 1.80. The smallest absolute Gasteiger partial charge is 0.319 e. The second-order valence-corrected chi connectivity index (χ2v) is 5.45. The lowest BCUT2D eigenvalue weighted by Gasteiger charge is -2.09. The minimum Gasteiger partial charge on any atom is -0.495 e. The molecule has 0 aliphatic carbocycles. The summed E-state index contributed by atoms with van der Waals surface area (Å²) in [6.07, 6.45) is 0.730. The minimum atomic E-state index is -0.282. The molecular formula is C16H16Cl2N2O2. The van der Waals surface area contributed by atoms with Crippen LogP contribution in [-0.2, 0) is 6.42 Å². The normalized spacial score (nSPS) is 10.1. The number of rotatable bonds is 5. The molecule has 0 fully saturated rings. The van der Waals surface area contributed by atoms with Crippen molar-refractivity contribution >= 4 is 34.9 Å². The van der Waals surface area contributed by atoms with Crippen LogP contribution in [0, 0.1) is 0 Å². The van der Waals surface area contributed by atoms with Gasteiger partial charge in [-0.2, -0.15) is 0 Å². The fourth-order valence-electron chi connectivity index (χ4n) is 1.89. The molecule has 0 atom stereocenters. The standard InChI is InChI=1S/C16H16Cl2N2O2/c1-22-15-7-6-13(10-14(15)18)20-16(21)19-9-8-11-2-4-12(17)5-3-11/h2-7,10H,8-9H2,1H3,(H2,19,20,21). The number of nitrogens with one attached hydrogen (secondary N) is 2. The van der Waals surface area contributed by atoms with E-state index in [0.717, 1.165) is 12.0 Å². The third-order valence-electron chi connectivity index (χ3n) is 3.02. The van der Waals surface area contributed by atoms with E-state index in [9.17, 15) is 4.79 Å². The van der Waals surface area contributed by atoms with Gasteiger partial charge in [-0.15, -0.1) is 0 Å². The van der Waals surface area contributed by atoms with Crippen LogP contribution in [0.25, 0.3) is 0 Å². The number of ether oxygens (including phenoxy) is 1. The summed E-state index contributed by atoms with van der Waals surface area (Å²) >= 11 is 11.8. The van der Waals surface area contributed by atoms with Gasteiger partial charge in [0.2, 0.25) is 0 Å². The summed E-state index contributed by atoms with van der Waals surface area (Å²) in [7, 11) is 1.54. The highest BCUT2D eigenvalue weighted by atomic mass is 35.5. The van der Waals surface area contributed by atoms with E-state index >= 15 is 0 Å². The Labute approximate surface area is 139 Å². The molecule has 0 spiro atoms. The third kappa shape index (κ3) is 4.83. The summed E-state index contributed by atoms with van der Waals surface area (Å²) in [5.74, 6) is 0.565. The van der Waals surface area contributed by atoms with Gasteiger partial charge in [0.15, 0.2) is 0 Å². The van der Waals surface area contributed by atoms with Crippen molar-refractivity contribution in [3.8, 4) is 5.75 Å². The molecule has 4 nitrogen and oxygen atoms in total. The minimum absolute atomic E-state index is 0.282. The molecule has 0 unspecified atom stereocenters. The molecule has 2 rings (SSSR count). The van der Waals surface area contributed by atoms with Crippen LogP contribution in [0.2, 0.25) is 10.0 Å². The summed E-state index contributed by atoms with van der Waals surface area (Å²) in [6.45, 7) is 0.525. The molecule has 0 radical (unpaired) electrons. The Morgan fingerprint density at radius 1 is 1.14 bits per heavy atom. The van der Waals surface area contributed by atoms with E-state index in [1.165, 1.54) is 7.11 Å². The second-order valence-electron chi connectivity index (χ2n) is 4.61. The molecule has 0 aliphatic rings. The zero-order valence-corrected chi connectivity index (χ0v) is 13.5. The van der Waals surface area contributed by atoms with Crippen LogP contribution in [-0.4, -0.2) is 19.7 Å². The number of hydrogen-bond donors (Lipinski definition) is 2. The molecule has 6 heteroatoms. The molecule has 116 valence electrons. The van der Waals surface area contributed by atoms with Crippen molar-refractivity contribution in [2.24, 2.45) is 0 Å². The van der Waals surface area contributed by atoms with Gasteiger partial charge in [0.1, 0.15) is 5.75 Å². The Bertz CT molecular complexity index is 645. The van der Waals surface area contributed by atoms with Crippen LogP contribution >= 0.6 is 23.2 Å². The van der Waals surface area contributed by atoms with Crippen molar-refractivity contribution < 1.29 is 9.53 Å². The Morgan fingerprint density at radius 2 is 1.86 bits per heavy atom. The number of methoxy groups -OCH3 is 1. The summed E-state index contributed by atoms with van der Waals surface area (Å²) in [4.78, 5) is 11.8. The average molecular weight is 339 g/mol. The highest BCUT2D eigenvalue weighted by Gasteiger charge is 2.05. The van der Waals surface area contributed by atoms with E-state index in [1.807, 2.05) is 24.3 Å². The number of benzene rings is 2. The van der Waals surface area contributed by atoms with Gasteiger partial charge in [0, 0.05) is 17.3 Å². The maximum absolute atomic E-state index is 11.8. The second kappa shape index (κ2) is 7.92. The molecule has 2 amide bonds. The molecule has 2 aromatic rings. The fraction of sp³-hybridized carbons (Fsp3) is 0.188. The summed E-state index contributed by atoms with van der Waals surface area (Å²) < 4.78 is 5.06. The molecule has 0 aliphatic heterocycles. The maximum atomic E-state index is 11.8. The number of hydrogen-bond acceptors (Lipinski definition) is 2. The zero-order chi connectivity index (χ0) is 15.9. The summed E-state index contributed by atoms with van der Waals surface area (Å²) in [5.41, 5.74) is 1.71. The Hall–Kier alpha value is -1.91. The van der Waals surface area contributed by atoms with Gasteiger partial charge in [0.05, 0.1) is 12.1 Å². The van der Waals surface area contributed by atoms with Gasteiger partial charge in [-0.25, -0.2) is 4.79 Å². The molecule has 22 heavy (non-hydrogen) atoms. The van der Waals surface area contributed by atoms with Crippen molar-refractivity contribution in [2.75, 3.05) is 19.0 Å². The number of carbonyl (C=O) groups is 1. The summed E-state index contributed by atoms with van der Waals surface area (Å²) in [5, 5.41) is 6.65. The van der Waals surface area contributed by atoms with Gasteiger partial charge in [-0.1, -0.05) is 35.3 Å². The van der Waals surface area contributed by atoms with Crippen molar-refractivity contribution in [2.45, 2.75) is 6.42 Å². The Kier molecular flexibility index (Phi) is 5.92. The lowest BCUT2D eigenvalue weighted by molar-refractivity contribution is 0.252. The van der Waals surface area contributed by atoms with Crippen LogP contribution in [0.3, 0.4) is 0 Å². The average Bonchev–Trinajstić information content (AvgIpc) is 2.49. The Morgan fingerprint density at radius 3 is 2.50 bits per heavy atom. The van der Waals surface area contributed by atoms with E-state index in [0.29, 0.717) is 28.0 Å². The van der Waals surface area contributed by atoms with E-state index in [2.05, 4.69) is 10.6 Å². The van der Waals surface area contributed by atoms with Gasteiger partial charge in [-0.05, 0) is 42.3 Å². The van der Waals surface area contributed by atoms with E-state index in [-0.39, 0.29) is 6.03 Å². The van der Waals surface area contributed by atoms with Crippen molar-refractivity contribution in [3.63, 3.8) is 0 Å². The van der Waals surface area contributed by atoms with E-state index in [1.54, 1.807) is 18.2 Å². The lowest BCUT2D eigenvalue weighted by atomic mass is 10.1. The number of anilines is 1. The van der Waals surface area contributed by atoms with Gasteiger partial charge < -0.3 is 15.4 Å². The highest BCUT2D eigenvalue weighted by molar-refractivity contribution is 6.32. The van der Waals surface area contributed by atoms with Crippen molar-refractivity contribution in [3.05, 3.63) is 58.1 Å². The maximum Gasteiger partial charge on any atom is 0.319 e. The van der Waals surface area contributed by atoms with Crippen LogP contribution in [0.1, 0.15) is 5.56 Å². The van der Waals surface area contributed by atoms with Crippen LogP contribution in [0.15, 0.2) is 42.5 Å². The topological polar surface area (TPSA) is 50.4 Å². The van der Waals surface area contributed by atoms with E-state index in [4.69, 9.17) is 27.9 Å². The summed E-state index contributed by atoms with van der Waals surface area (Å²) in [6, 6.07) is 12.3. The highest BCUT2D eigenvalue weighted by Crippen LogP contribution is 2.27. The zero-order valence-electron chi connectivity index (χ0n) is 12.0. The molecule has 2 aromatic carbocycles. The molecule has 0 heterocycles. The fourth-order valence-corrected chi connectivity index (χ4v) is 2.27. The SMILES string of the molecule is COc1ccc(NC(=O)NCCc2ccc(Cl)cc2)cc1Cl. The first-order valence-electron chi connectivity index (χ1n) is 6.71. The molecule has 2 N–H and O–H groups in total. The van der Waals surface area contributed by atoms with E-state index < -0.39 is 0 Å². The van der Waals surface area contributed by atoms with Crippen molar-refractivity contribution in [1.29, 1.82) is 0 Å². The first-order valence-corrected chi connectivity index (χ1v) is 7.47. The quantitative estimate of drug-likeness (QED) is 0.850. The van der Waals surface area contributed by atoms with Crippen LogP contribution < -0.4 is 15.4 Å². The first kappa shape index (κ1) is 16.5. The number of carbonyl (C=O) groups excluding carboxylic acids is 1. The predicted octanol–water partition coefficient (Wildman–Crippen LogP) is 4.37.